The Balaban J connectivity index is 2.88. The molecule has 5 nitrogen and oxygen atoms in total. The molecule has 1 rings (SSSR count). The lowest BCUT2D eigenvalue weighted by Crippen LogP contribution is -2.15. The molecular formula is C12H15BrO5. The first kappa shape index (κ1) is 14.6. The SMILES string of the molecule is CCOC(=O)COc1c(OC)cc(Br)cc1OC. The van der Waals surface area contributed by atoms with Crippen LogP contribution in [0, 0.1) is 0 Å². The van der Waals surface area contributed by atoms with Crippen LogP contribution in [-0.2, 0) is 9.53 Å². The highest BCUT2D eigenvalue weighted by Gasteiger charge is 2.15. The first-order valence-corrected chi connectivity index (χ1v) is 6.11. The Morgan fingerprint density at radius 3 is 2.22 bits per heavy atom. The van der Waals surface area contributed by atoms with Gasteiger partial charge in [-0.05, 0) is 19.1 Å². The van der Waals surface area contributed by atoms with Crippen molar-refractivity contribution in [2.45, 2.75) is 6.92 Å². The molecule has 0 aliphatic heterocycles. The molecule has 0 heterocycles. The zero-order valence-corrected chi connectivity index (χ0v) is 12.1. The van der Waals surface area contributed by atoms with E-state index in [0.29, 0.717) is 23.9 Å². The first-order chi connectivity index (χ1) is 8.62. The number of hydrogen-bond donors (Lipinski definition) is 0. The Labute approximate surface area is 114 Å². The second-order valence-electron chi connectivity index (χ2n) is 3.23. The molecule has 18 heavy (non-hydrogen) atoms. The summed E-state index contributed by atoms with van der Waals surface area (Å²) in [6.45, 7) is 1.86. The minimum absolute atomic E-state index is 0.192. The quantitative estimate of drug-likeness (QED) is 0.754. The third kappa shape index (κ3) is 3.80. The molecule has 0 fully saturated rings. The normalized spacial score (nSPS) is 9.78. The Bertz CT molecular complexity index is 394. The second kappa shape index (κ2) is 7.10. The fourth-order valence-corrected chi connectivity index (χ4v) is 1.74. The number of carbonyl (C=O) groups excluding carboxylic acids is 1. The Hall–Kier alpha value is -1.43. The Morgan fingerprint density at radius 2 is 1.78 bits per heavy atom. The molecule has 0 saturated carbocycles. The van der Waals surface area contributed by atoms with Crippen molar-refractivity contribution in [1.29, 1.82) is 0 Å². The molecule has 0 unspecified atom stereocenters. The Morgan fingerprint density at radius 1 is 1.22 bits per heavy atom. The molecule has 0 atom stereocenters. The summed E-state index contributed by atoms with van der Waals surface area (Å²) in [4.78, 5) is 11.2. The second-order valence-corrected chi connectivity index (χ2v) is 4.15. The number of halogens is 1. The minimum atomic E-state index is -0.440. The smallest absolute Gasteiger partial charge is 0.344 e. The van der Waals surface area contributed by atoms with Crippen molar-refractivity contribution in [2.75, 3.05) is 27.4 Å². The van der Waals surface area contributed by atoms with Crippen molar-refractivity contribution in [1.82, 2.24) is 0 Å². The molecule has 1 aromatic carbocycles. The fourth-order valence-electron chi connectivity index (χ4n) is 1.32. The number of carbonyl (C=O) groups is 1. The summed E-state index contributed by atoms with van der Waals surface area (Å²) < 4.78 is 21.3. The van der Waals surface area contributed by atoms with E-state index in [4.69, 9.17) is 18.9 Å². The van der Waals surface area contributed by atoms with E-state index in [2.05, 4.69) is 15.9 Å². The molecule has 0 radical (unpaired) electrons. The maximum atomic E-state index is 11.2. The zero-order valence-electron chi connectivity index (χ0n) is 10.5. The number of rotatable bonds is 6. The average molecular weight is 319 g/mol. The summed E-state index contributed by atoms with van der Waals surface area (Å²) in [6, 6.07) is 3.45. The molecule has 6 heteroatoms. The number of esters is 1. The van der Waals surface area contributed by atoms with Crippen LogP contribution < -0.4 is 14.2 Å². The van der Waals surface area contributed by atoms with E-state index in [0.717, 1.165) is 4.47 Å². The maximum Gasteiger partial charge on any atom is 0.344 e. The summed E-state index contributed by atoms with van der Waals surface area (Å²) in [6.07, 6.45) is 0. The van der Waals surface area contributed by atoms with Gasteiger partial charge < -0.3 is 18.9 Å². The average Bonchev–Trinajstić information content (AvgIpc) is 2.36. The molecule has 1 aromatic rings. The van der Waals surface area contributed by atoms with E-state index in [1.165, 1.54) is 14.2 Å². The zero-order chi connectivity index (χ0) is 13.5. The van der Waals surface area contributed by atoms with E-state index in [1.807, 2.05) is 0 Å². The van der Waals surface area contributed by atoms with Crippen LogP contribution in [0.1, 0.15) is 6.92 Å². The third-order valence-corrected chi connectivity index (χ3v) is 2.52. The number of ether oxygens (including phenoxy) is 4. The van der Waals surface area contributed by atoms with Gasteiger partial charge in [-0.25, -0.2) is 4.79 Å². The van der Waals surface area contributed by atoms with Gasteiger partial charge in [-0.2, -0.15) is 0 Å². The topological polar surface area (TPSA) is 54.0 Å². The van der Waals surface area contributed by atoms with Gasteiger partial charge in [-0.15, -0.1) is 0 Å². The summed E-state index contributed by atoms with van der Waals surface area (Å²) in [5, 5.41) is 0. The van der Waals surface area contributed by atoms with E-state index in [1.54, 1.807) is 19.1 Å². The Kier molecular flexibility index (Phi) is 5.77. The molecule has 0 saturated heterocycles. The molecule has 0 bridgehead atoms. The molecule has 0 amide bonds. The van der Waals surface area contributed by atoms with Crippen molar-refractivity contribution in [3.8, 4) is 17.2 Å². The van der Waals surface area contributed by atoms with Gasteiger partial charge in [-0.3, -0.25) is 0 Å². The van der Waals surface area contributed by atoms with E-state index in [9.17, 15) is 4.79 Å². The summed E-state index contributed by atoms with van der Waals surface area (Å²) in [5.41, 5.74) is 0. The molecule has 100 valence electrons. The number of benzene rings is 1. The summed E-state index contributed by atoms with van der Waals surface area (Å²) in [7, 11) is 3.02. The van der Waals surface area contributed by atoms with Gasteiger partial charge in [0.15, 0.2) is 18.1 Å². The van der Waals surface area contributed by atoms with Crippen molar-refractivity contribution in [2.24, 2.45) is 0 Å². The van der Waals surface area contributed by atoms with Gasteiger partial charge in [0.1, 0.15) is 0 Å². The fraction of sp³-hybridized carbons (Fsp3) is 0.417. The highest BCUT2D eigenvalue weighted by Crippen LogP contribution is 2.40. The van der Waals surface area contributed by atoms with Gasteiger partial charge in [0.25, 0.3) is 0 Å². The molecule has 0 spiro atoms. The van der Waals surface area contributed by atoms with Gasteiger partial charge in [0, 0.05) is 4.47 Å². The van der Waals surface area contributed by atoms with Crippen LogP contribution in [0.25, 0.3) is 0 Å². The van der Waals surface area contributed by atoms with Crippen LogP contribution in [0.3, 0.4) is 0 Å². The van der Waals surface area contributed by atoms with Gasteiger partial charge in [-0.1, -0.05) is 15.9 Å². The summed E-state index contributed by atoms with van der Waals surface area (Å²) in [5.74, 6) is 0.886. The lowest BCUT2D eigenvalue weighted by Gasteiger charge is -2.14. The van der Waals surface area contributed by atoms with E-state index >= 15 is 0 Å². The van der Waals surface area contributed by atoms with Crippen molar-refractivity contribution in [3.63, 3.8) is 0 Å². The number of methoxy groups -OCH3 is 2. The van der Waals surface area contributed by atoms with E-state index < -0.39 is 5.97 Å². The van der Waals surface area contributed by atoms with Gasteiger partial charge >= 0.3 is 5.97 Å². The highest BCUT2D eigenvalue weighted by molar-refractivity contribution is 9.10. The van der Waals surface area contributed by atoms with Crippen LogP contribution in [0.15, 0.2) is 16.6 Å². The predicted octanol–water partition coefficient (Wildman–Crippen LogP) is 2.41. The van der Waals surface area contributed by atoms with Crippen molar-refractivity contribution >= 4 is 21.9 Å². The third-order valence-electron chi connectivity index (χ3n) is 2.07. The molecule has 0 aromatic heterocycles. The van der Waals surface area contributed by atoms with Crippen molar-refractivity contribution < 1.29 is 23.7 Å². The van der Waals surface area contributed by atoms with Crippen LogP contribution in [-0.4, -0.2) is 33.4 Å². The largest absolute Gasteiger partial charge is 0.493 e. The standard InChI is InChI=1S/C12H15BrO5/c1-4-17-11(14)7-18-12-9(15-2)5-8(13)6-10(12)16-3/h5-6H,4,7H2,1-3H3. The summed E-state index contributed by atoms with van der Waals surface area (Å²) >= 11 is 3.33. The number of hydrogen-bond acceptors (Lipinski definition) is 5. The maximum absolute atomic E-state index is 11.2. The van der Waals surface area contributed by atoms with Crippen LogP contribution in [0.4, 0.5) is 0 Å². The highest BCUT2D eigenvalue weighted by atomic mass is 79.9. The predicted molar refractivity (Wildman–Crippen MR) is 69.4 cm³/mol. The van der Waals surface area contributed by atoms with Crippen molar-refractivity contribution in [3.05, 3.63) is 16.6 Å². The van der Waals surface area contributed by atoms with Gasteiger partial charge in [0.05, 0.1) is 20.8 Å². The molecule has 0 aliphatic rings. The van der Waals surface area contributed by atoms with Crippen LogP contribution >= 0.6 is 15.9 Å². The molecule has 0 aliphatic carbocycles. The molecule has 0 N–H and O–H groups in total. The lowest BCUT2D eigenvalue weighted by molar-refractivity contribution is -0.145. The van der Waals surface area contributed by atoms with E-state index in [-0.39, 0.29) is 6.61 Å². The monoisotopic (exact) mass is 318 g/mol. The lowest BCUT2D eigenvalue weighted by atomic mass is 10.3. The van der Waals surface area contributed by atoms with Crippen LogP contribution in [0.2, 0.25) is 0 Å². The molecular weight excluding hydrogens is 304 g/mol. The van der Waals surface area contributed by atoms with Gasteiger partial charge in [0.2, 0.25) is 5.75 Å². The first-order valence-electron chi connectivity index (χ1n) is 5.32. The van der Waals surface area contributed by atoms with Crippen LogP contribution in [0.5, 0.6) is 17.2 Å². The minimum Gasteiger partial charge on any atom is -0.493 e.